The summed E-state index contributed by atoms with van der Waals surface area (Å²) in [6.45, 7) is -0.261. The molecule has 27 heavy (non-hydrogen) atoms. The molecule has 0 aliphatic rings. The third kappa shape index (κ3) is 4.25. The molecule has 0 unspecified atom stereocenters. The fourth-order valence-corrected chi connectivity index (χ4v) is 2.18. The third-order valence-corrected chi connectivity index (χ3v) is 3.41. The number of hydrogen-bond acceptors (Lipinski definition) is 8. The van der Waals surface area contributed by atoms with Gasteiger partial charge in [-0.05, 0) is 23.4 Å². The molecule has 1 aromatic heterocycles. The second-order valence-corrected chi connectivity index (χ2v) is 5.30. The fraction of sp³-hybridized carbons (Fsp3) is 0.0667. The monoisotopic (exact) mass is 369 g/mol. The normalized spacial score (nSPS) is 10.4. The molecule has 3 rings (SSSR count). The Bertz CT molecular complexity index is 1020. The lowest BCUT2D eigenvalue weighted by molar-refractivity contribution is -0.385. The van der Waals surface area contributed by atoms with Gasteiger partial charge in [-0.25, -0.2) is 0 Å². The lowest BCUT2D eigenvalue weighted by atomic mass is 10.2. The summed E-state index contributed by atoms with van der Waals surface area (Å²) < 4.78 is 0. The molecular formula is C15H11N7O5. The number of benzene rings is 2. The number of nitrogens with zero attached hydrogens (tertiary/aromatic N) is 6. The number of nitrogens with one attached hydrogen (secondary N) is 1. The standard InChI is InChI=1S/C15H11N7O5/c23-14(16-11-2-1-3-13(8-11)22(26)27)9-20-18-15(17-19-20)10-4-6-12(7-5-10)21(24)25/h1-8H,9H2,(H,16,23). The van der Waals surface area contributed by atoms with Gasteiger partial charge in [0.05, 0.1) is 9.85 Å². The van der Waals surface area contributed by atoms with E-state index in [0.29, 0.717) is 5.56 Å². The first kappa shape index (κ1) is 17.6. The van der Waals surface area contributed by atoms with Crippen LogP contribution in [0.4, 0.5) is 17.1 Å². The summed E-state index contributed by atoms with van der Waals surface area (Å²) in [5.41, 5.74) is 0.561. The molecular weight excluding hydrogens is 358 g/mol. The van der Waals surface area contributed by atoms with Crippen molar-refractivity contribution in [1.29, 1.82) is 0 Å². The Morgan fingerprint density at radius 2 is 1.74 bits per heavy atom. The number of amides is 1. The molecule has 1 heterocycles. The Morgan fingerprint density at radius 3 is 2.41 bits per heavy atom. The Hall–Kier alpha value is -4.22. The van der Waals surface area contributed by atoms with Crippen LogP contribution in [-0.4, -0.2) is 36.0 Å². The number of hydrogen-bond donors (Lipinski definition) is 1. The fourth-order valence-electron chi connectivity index (χ4n) is 2.18. The maximum Gasteiger partial charge on any atom is 0.271 e. The second-order valence-electron chi connectivity index (χ2n) is 5.30. The minimum absolute atomic E-state index is 0.0672. The minimum Gasteiger partial charge on any atom is -0.324 e. The zero-order chi connectivity index (χ0) is 19.4. The van der Waals surface area contributed by atoms with Gasteiger partial charge in [-0.2, -0.15) is 4.80 Å². The summed E-state index contributed by atoms with van der Waals surface area (Å²) >= 11 is 0. The van der Waals surface area contributed by atoms with E-state index >= 15 is 0 Å². The van der Waals surface area contributed by atoms with Crippen LogP contribution in [0.2, 0.25) is 0 Å². The van der Waals surface area contributed by atoms with Crippen LogP contribution in [-0.2, 0) is 11.3 Å². The molecule has 0 bridgehead atoms. The number of tetrazole rings is 1. The molecule has 1 N–H and O–H groups in total. The summed E-state index contributed by atoms with van der Waals surface area (Å²) in [6, 6.07) is 11.1. The summed E-state index contributed by atoms with van der Waals surface area (Å²) in [6.07, 6.45) is 0. The first-order valence-corrected chi connectivity index (χ1v) is 7.49. The van der Waals surface area contributed by atoms with Gasteiger partial charge in [0.2, 0.25) is 11.7 Å². The van der Waals surface area contributed by atoms with E-state index in [2.05, 4.69) is 20.7 Å². The van der Waals surface area contributed by atoms with E-state index in [9.17, 15) is 25.0 Å². The summed E-state index contributed by atoms with van der Waals surface area (Å²) in [5.74, 6) is -0.295. The highest BCUT2D eigenvalue weighted by Gasteiger charge is 2.12. The van der Waals surface area contributed by atoms with Crippen molar-refractivity contribution in [2.45, 2.75) is 6.54 Å². The molecule has 136 valence electrons. The van der Waals surface area contributed by atoms with E-state index in [1.54, 1.807) is 0 Å². The summed E-state index contributed by atoms with van der Waals surface area (Å²) in [5, 5.41) is 35.5. The molecule has 0 saturated carbocycles. The van der Waals surface area contributed by atoms with Gasteiger partial charge >= 0.3 is 0 Å². The van der Waals surface area contributed by atoms with E-state index in [1.807, 2.05) is 0 Å². The molecule has 0 fully saturated rings. The molecule has 0 saturated heterocycles. The molecule has 0 atom stereocenters. The number of carbonyl (C=O) groups excluding carboxylic acids is 1. The van der Waals surface area contributed by atoms with Crippen molar-refractivity contribution in [3.63, 3.8) is 0 Å². The number of rotatable bonds is 6. The maximum absolute atomic E-state index is 12.0. The number of nitro benzene ring substituents is 2. The van der Waals surface area contributed by atoms with E-state index < -0.39 is 15.8 Å². The SMILES string of the molecule is O=C(Cn1nnc(-c2ccc([N+](=O)[O-])cc2)n1)Nc1cccc([N+](=O)[O-])c1. The van der Waals surface area contributed by atoms with Crippen molar-refractivity contribution < 1.29 is 14.6 Å². The highest BCUT2D eigenvalue weighted by atomic mass is 16.6. The quantitative estimate of drug-likeness (QED) is 0.508. The predicted molar refractivity (Wildman–Crippen MR) is 91.6 cm³/mol. The van der Waals surface area contributed by atoms with Crippen LogP contribution in [0, 0.1) is 20.2 Å². The zero-order valence-corrected chi connectivity index (χ0v) is 13.6. The summed E-state index contributed by atoms with van der Waals surface area (Å²) in [4.78, 5) is 33.4. The van der Waals surface area contributed by atoms with Gasteiger partial charge in [-0.3, -0.25) is 25.0 Å². The van der Waals surface area contributed by atoms with Crippen LogP contribution in [0.5, 0.6) is 0 Å². The highest BCUT2D eigenvalue weighted by Crippen LogP contribution is 2.19. The van der Waals surface area contributed by atoms with E-state index in [1.165, 1.54) is 48.5 Å². The van der Waals surface area contributed by atoms with Crippen molar-refractivity contribution in [3.05, 3.63) is 68.8 Å². The van der Waals surface area contributed by atoms with Gasteiger partial charge in [0.15, 0.2) is 0 Å². The first-order valence-electron chi connectivity index (χ1n) is 7.49. The van der Waals surface area contributed by atoms with Gasteiger partial charge in [0, 0.05) is 35.5 Å². The second kappa shape index (κ2) is 7.35. The smallest absolute Gasteiger partial charge is 0.271 e. The van der Waals surface area contributed by atoms with Crippen LogP contribution in [0.1, 0.15) is 0 Å². The number of anilines is 1. The lowest BCUT2D eigenvalue weighted by Gasteiger charge is -2.04. The van der Waals surface area contributed by atoms with Gasteiger partial charge in [0.25, 0.3) is 11.4 Å². The van der Waals surface area contributed by atoms with Crippen molar-refractivity contribution >= 4 is 23.0 Å². The molecule has 0 radical (unpaired) electrons. The molecule has 12 nitrogen and oxygen atoms in total. The predicted octanol–water partition coefficient (Wildman–Crippen LogP) is 1.80. The molecule has 0 aliphatic heterocycles. The average molecular weight is 369 g/mol. The minimum atomic E-state index is -0.564. The molecule has 1 amide bonds. The largest absolute Gasteiger partial charge is 0.324 e. The zero-order valence-electron chi connectivity index (χ0n) is 13.6. The number of non-ortho nitro benzene ring substituents is 2. The summed E-state index contributed by atoms with van der Waals surface area (Å²) in [7, 11) is 0. The molecule has 3 aromatic rings. The number of nitro groups is 2. The lowest BCUT2D eigenvalue weighted by Crippen LogP contribution is -2.20. The number of carbonyl (C=O) groups is 1. The van der Waals surface area contributed by atoms with Crippen molar-refractivity contribution in [2.24, 2.45) is 0 Å². The molecule has 2 aromatic carbocycles. The van der Waals surface area contributed by atoms with E-state index in [0.717, 1.165) is 4.80 Å². The van der Waals surface area contributed by atoms with Gasteiger partial charge in [-0.1, -0.05) is 6.07 Å². The third-order valence-electron chi connectivity index (χ3n) is 3.41. The Morgan fingerprint density at radius 1 is 1.04 bits per heavy atom. The number of aromatic nitrogens is 4. The van der Waals surface area contributed by atoms with Crippen LogP contribution < -0.4 is 5.32 Å². The van der Waals surface area contributed by atoms with Gasteiger partial charge in [-0.15, -0.1) is 10.2 Å². The van der Waals surface area contributed by atoms with Crippen molar-refractivity contribution in [2.75, 3.05) is 5.32 Å². The van der Waals surface area contributed by atoms with E-state index in [4.69, 9.17) is 0 Å². The van der Waals surface area contributed by atoms with Crippen LogP contribution in [0.25, 0.3) is 11.4 Å². The Balaban J connectivity index is 1.66. The Kier molecular flexibility index (Phi) is 4.79. The molecule has 12 heteroatoms. The maximum atomic E-state index is 12.0. The Labute approximate surface area is 150 Å². The van der Waals surface area contributed by atoms with Crippen LogP contribution >= 0.6 is 0 Å². The van der Waals surface area contributed by atoms with Crippen LogP contribution in [0.15, 0.2) is 48.5 Å². The van der Waals surface area contributed by atoms with Crippen molar-refractivity contribution in [1.82, 2.24) is 20.2 Å². The van der Waals surface area contributed by atoms with Gasteiger partial charge in [0.1, 0.15) is 6.54 Å². The highest BCUT2D eigenvalue weighted by molar-refractivity contribution is 5.90. The average Bonchev–Trinajstić information content (AvgIpc) is 3.10. The molecule has 0 spiro atoms. The van der Waals surface area contributed by atoms with Crippen molar-refractivity contribution in [3.8, 4) is 11.4 Å². The van der Waals surface area contributed by atoms with Crippen LogP contribution in [0.3, 0.4) is 0 Å². The molecule has 0 aliphatic carbocycles. The first-order chi connectivity index (χ1) is 12.9. The van der Waals surface area contributed by atoms with E-state index in [-0.39, 0.29) is 29.4 Å². The topological polar surface area (TPSA) is 159 Å². The van der Waals surface area contributed by atoms with Gasteiger partial charge < -0.3 is 5.32 Å².